The molecule has 3 heterocycles. The van der Waals surface area contributed by atoms with Gasteiger partial charge in [0.1, 0.15) is 11.5 Å². The lowest BCUT2D eigenvalue weighted by Crippen LogP contribution is -2.05. The van der Waals surface area contributed by atoms with Gasteiger partial charge in [0, 0.05) is 42.8 Å². The minimum Gasteiger partial charge on any atom is -0.440 e. The lowest BCUT2D eigenvalue weighted by atomic mass is 9.98. The van der Waals surface area contributed by atoms with Crippen molar-refractivity contribution in [3.63, 3.8) is 0 Å². The summed E-state index contributed by atoms with van der Waals surface area (Å²) in [7, 11) is -3.52. The molecule has 3 aromatic heterocycles. The molecule has 14 heteroatoms. The van der Waals surface area contributed by atoms with E-state index < -0.39 is 28.3 Å². The Labute approximate surface area is 236 Å². The van der Waals surface area contributed by atoms with E-state index in [-0.39, 0.29) is 39.6 Å². The van der Waals surface area contributed by atoms with Gasteiger partial charge in [0.05, 0.1) is 10.6 Å². The van der Waals surface area contributed by atoms with E-state index in [2.05, 4.69) is 19.7 Å². The molecule has 0 aliphatic rings. The number of nitrogens with zero attached hydrogens (tertiary/aromatic N) is 4. The molecule has 0 amide bonds. The Morgan fingerprint density at radius 2 is 1.67 bits per heavy atom. The Kier molecular flexibility index (Phi) is 7.35. The van der Waals surface area contributed by atoms with Crippen LogP contribution < -0.4 is 4.74 Å². The van der Waals surface area contributed by atoms with Crippen molar-refractivity contribution in [2.45, 2.75) is 31.5 Å². The summed E-state index contributed by atoms with van der Waals surface area (Å²) < 4.78 is 102. The van der Waals surface area contributed by atoms with Crippen molar-refractivity contribution in [1.29, 1.82) is 0 Å². The number of aryl methyl sites for hydroxylation is 2. The fraction of sp³-hybridized carbons (Fsp3) is 0.179. The molecule has 0 fully saturated rings. The van der Waals surface area contributed by atoms with Crippen LogP contribution in [0.25, 0.3) is 39.4 Å². The highest BCUT2D eigenvalue weighted by atomic mass is 32.2. The minimum absolute atomic E-state index is 0.0485. The first-order valence-corrected chi connectivity index (χ1v) is 14.1. The number of imidazole rings is 1. The van der Waals surface area contributed by atoms with Gasteiger partial charge in [-0.2, -0.15) is 22.0 Å². The predicted molar refractivity (Wildman–Crippen MR) is 142 cm³/mol. The van der Waals surface area contributed by atoms with E-state index in [4.69, 9.17) is 4.42 Å². The number of aromatic nitrogens is 4. The van der Waals surface area contributed by atoms with Gasteiger partial charge in [-0.25, -0.2) is 23.4 Å². The maximum absolute atomic E-state index is 13.5. The predicted octanol–water partition coefficient (Wildman–Crippen LogP) is 6.90. The second kappa shape index (κ2) is 10.7. The molecular formula is C28H21F5N4O4S. The average Bonchev–Trinajstić information content (AvgIpc) is 3.50. The molecule has 218 valence electrons. The lowest BCUT2D eigenvalue weighted by molar-refractivity contribution is -0.141. The summed E-state index contributed by atoms with van der Waals surface area (Å²) in [6.07, 6.45) is -1.50. The van der Waals surface area contributed by atoms with E-state index in [1.165, 1.54) is 42.0 Å². The zero-order chi connectivity index (χ0) is 30.4. The van der Waals surface area contributed by atoms with Crippen molar-refractivity contribution in [3.05, 3.63) is 84.4 Å². The maximum atomic E-state index is 13.5. The zero-order valence-electron chi connectivity index (χ0n) is 22.1. The van der Waals surface area contributed by atoms with E-state index >= 15 is 0 Å². The van der Waals surface area contributed by atoms with Crippen LogP contribution in [-0.2, 0) is 16.0 Å². The summed E-state index contributed by atoms with van der Waals surface area (Å²) in [5, 5.41) is 0. The molecule has 0 unspecified atom stereocenters. The van der Waals surface area contributed by atoms with Gasteiger partial charge in [-0.1, -0.05) is 18.2 Å². The molecule has 5 aromatic rings. The topological polar surface area (TPSA) is 100 Å². The largest absolute Gasteiger partial charge is 0.440 e. The van der Waals surface area contributed by atoms with Crippen molar-refractivity contribution in [1.82, 2.24) is 19.5 Å². The summed E-state index contributed by atoms with van der Waals surface area (Å²) >= 11 is 0. The van der Waals surface area contributed by atoms with Crippen LogP contribution in [0.15, 0.2) is 76.3 Å². The molecule has 8 nitrogen and oxygen atoms in total. The molecule has 0 aliphatic heterocycles. The van der Waals surface area contributed by atoms with Gasteiger partial charge in [-0.15, -0.1) is 0 Å². The Bertz CT molecular complexity index is 1880. The van der Waals surface area contributed by atoms with Gasteiger partial charge >= 0.3 is 12.8 Å². The third-order valence-corrected chi connectivity index (χ3v) is 7.33. The normalized spacial score (nSPS) is 12.2. The van der Waals surface area contributed by atoms with E-state index in [1.807, 2.05) is 0 Å². The first-order valence-electron chi connectivity index (χ1n) is 12.2. The number of hydrogen-bond acceptors (Lipinski definition) is 7. The smallest absolute Gasteiger partial charge is 0.434 e. The van der Waals surface area contributed by atoms with Crippen LogP contribution in [0.4, 0.5) is 22.0 Å². The second-order valence-electron chi connectivity index (χ2n) is 9.25. The SMILES string of the molecule is Cc1nc(-c2cc(-c3cccc(S(C)(=O)=O)c3)ccc2-n2cc(C(F)(F)F)nc2C)c(-c2ccc(OC(F)F)nc2)o1. The minimum atomic E-state index is -4.69. The number of benzene rings is 2. The van der Waals surface area contributed by atoms with Crippen LogP contribution in [-0.4, -0.2) is 40.8 Å². The number of sulfone groups is 1. The van der Waals surface area contributed by atoms with Gasteiger partial charge in [-0.05, 0) is 48.4 Å². The molecule has 0 N–H and O–H groups in total. The van der Waals surface area contributed by atoms with E-state index in [0.717, 1.165) is 12.5 Å². The molecule has 2 aromatic carbocycles. The molecule has 0 spiro atoms. The summed E-state index contributed by atoms with van der Waals surface area (Å²) in [4.78, 5) is 12.1. The molecular weight excluding hydrogens is 583 g/mol. The standard InChI is InChI=1S/C28H21F5N4O4S/c1-15-35-23(28(31,32)33)14-37(15)22-9-7-18(17-5-4-6-20(11-17)42(3,38)39)12-21(22)25-26(40-16(2)36-25)19-8-10-24(34-13-19)41-27(29)30/h4-14,27H,1-3H3. The van der Waals surface area contributed by atoms with E-state index in [9.17, 15) is 30.4 Å². The second-order valence-corrected chi connectivity index (χ2v) is 11.3. The summed E-state index contributed by atoms with van der Waals surface area (Å²) in [5.74, 6) is 0.100. The Hall–Kier alpha value is -4.59. The Morgan fingerprint density at radius 1 is 0.952 bits per heavy atom. The van der Waals surface area contributed by atoms with E-state index in [1.54, 1.807) is 37.3 Å². The van der Waals surface area contributed by atoms with Crippen LogP contribution >= 0.6 is 0 Å². The first-order chi connectivity index (χ1) is 19.7. The van der Waals surface area contributed by atoms with Crippen molar-refractivity contribution >= 4 is 9.84 Å². The van der Waals surface area contributed by atoms with Crippen LogP contribution in [0, 0.1) is 13.8 Å². The number of alkyl halides is 5. The highest BCUT2D eigenvalue weighted by Crippen LogP contribution is 2.39. The fourth-order valence-electron chi connectivity index (χ4n) is 4.36. The molecule has 5 rings (SSSR count). The fourth-order valence-corrected chi connectivity index (χ4v) is 5.02. The average molecular weight is 605 g/mol. The molecule has 0 atom stereocenters. The van der Waals surface area contributed by atoms with Crippen LogP contribution in [0.1, 0.15) is 17.4 Å². The molecule has 0 aliphatic carbocycles. The summed E-state index contributed by atoms with van der Waals surface area (Å²) in [6, 6.07) is 13.7. The quantitative estimate of drug-likeness (QED) is 0.186. The molecule has 0 saturated heterocycles. The van der Waals surface area contributed by atoms with Crippen LogP contribution in [0.5, 0.6) is 5.88 Å². The molecule has 0 bridgehead atoms. The van der Waals surface area contributed by atoms with Gasteiger partial charge in [0.15, 0.2) is 27.2 Å². The number of oxazole rings is 1. The van der Waals surface area contributed by atoms with Crippen LogP contribution in [0.3, 0.4) is 0 Å². The Morgan fingerprint density at radius 3 is 2.29 bits per heavy atom. The zero-order valence-corrected chi connectivity index (χ0v) is 23.0. The van der Waals surface area contributed by atoms with Crippen molar-refractivity contribution in [2.75, 3.05) is 6.26 Å². The number of hydrogen-bond donors (Lipinski definition) is 0. The van der Waals surface area contributed by atoms with Crippen molar-refractivity contribution in [3.8, 4) is 45.3 Å². The first kappa shape index (κ1) is 28.9. The monoisotopic (exact) mass is 604 g/mol. The highest BCUT2D eigenvalue weighted by Gasteiger charge is 2.35. The maximum Gasteiger partial charge on any atom is 0.434 e. The molecule has 0 radical (unpaired) electrons. The number of rotatable bonds is 7. The van der Waals surface area contributed by atoms with E-state index in [0.29, 0.717) is 22.3 Å². The third-order valence-electron chi connectivity index (χ3n) is 6.22. The Balaban J connectivity index is 1.73. The van der Waals surface area contributed by atoms with Crippen LogP contribution in [0.2, 0.25) is 0 Å². The lowest BCUT2D eigenvalue weighted by Gasteiger charge is -2.14. The van der Waals surface area contributed by atoms with Crippen molar-refractivity contribution in [2.24, 2.45) is 0 Å². The highest BCUT2D eigenvalue weighted by molar-refractivity contribution is 7.90. The molecule has 42 heavy (non-hydrogen) atoms. The number of ether oxygens (including phenoxy) is 1. The van der Waals surface area contributed by atoms with Crippen molar-refractivity contribution < 1.29 is 39.5 Å². The van der Waals surface area contributed by atoms with Gasteiger partial charge in [-0.3, -0.25) is 0 Å². The summed E-state index contributed by atoms with van der Waals surface area (Å²) in [5.41, 5.74) is 1.13. The van der Waals surface area contributed by atoms with Gasteiger partial charge in [0.25, 0.3) is 0 Å². The third kappa shape index (κ3) is 5.88. The van der Waals surface area contributed by atoms with Gasteiger partial charge < -0.3 is 13.7 Å². The number of pyridine rings is 1. The number of halogens is 5. The van der Waals surface area contributed by atoms with Gasteiger partial charge in [0.2, 0.25) is 5.88 Å². The molecule has 0 saturated carbocycles. The summed E-state index contributed by atoms with van der Waals surface area (Å²) in [6.45, 7) is -0.0841.